The van der Waals surface area contributed by atoms with Crippen LogP contribution in [-0.4, -0.2) is 37.0 Å². The van der Waals surface area contributed by atoms with Gasteiger partial charge in [-0.05, 0) is 54.7 Å². The topological polar surface area (TPSA) is 32.3 Å². The maximum Gasteiger partial charge on any atom is 0.227 e. The van der Waals surface area contributed by atoms with Crippen molar-refractivity contribution < 1.29 is 4.79 Å². The van der Waals surface area contributed by atoms with Crippen LogP contribution in [0.2, 0.25) is 0 Å². The van der Waals surface area contributed by atoms with Gasteiger partial charge in [-0.1, -0.05) is 54.6 Å². The second-order valence-electron chi connectivity index (χ2n) is 8.86. The lowest BCUT2D eigenvalue weighted by atomic mass is 9.64. The van der Waals surface area contributed by atoms with Crippen LogP contribution in [0, 0.1) is 5.92 Å². The standard InChI is InChI=1S/C25H30N2O/c28-24(27-15-12-20(13-16-27)19-7-2-1-3-8-19)23-17-26-18-25(23)14-6-10-21-9-4-5-11-22(21)25/h1-5,7-9,11,20,23,26H,6,10,12-18H2. The summed E-state index contributed by atoms with van der Waals surface area (Å²) < 4.78 is 0. The van der Waals surface area contributed by atoms with Crippen LogP contribution < -0.4 is 5.32 Å². The molecule has 146 valence electrons. The SMILES string of the molecule is O=C(C1CNCC12CCCc1ccccc12)N1CCC(c2ccccc2)CC1. The molecule has 2 saturated heterocycles. The van der Waals surface area contributed by atoms with Crippen molar-refractivity contribution in [1.82, 2.24) is 10.2 Å². The van der Waals surface area contributed by atoms with E-state index in [4.69, 9.17) is 0 Å². The molecule has 5 rings (SSSR count). The van der Waals surface area contributed by atoms with E-state index in [1.807, 2.05) is 0 Å². The highest BCUT2D eigenvalue weighted by molar-refractivity contribution is 5.82. The quantitative estimate of drug-likeness (QED) is 0.865. The normalized spacial score (nSPS) is 27.7. The molecule has 1 amide bonds. The van der Waals surface area contributed by atoms with E-state index in [2.05, 4.69) is 64.8 Å². The third kappa shape index (κ3) is 2.97. The van der Waals surface area contributed by atoms with Gasteiger partial charge in [0.05, 0.1) is 5.92 Å². The van der Waals surface area contributed by atoms with E-state index in [-0.39, 0.29) is 11.3 Å². The zero-order valence-electron chi connectivity index (χ0n) is 16.6. The molecule has 2 aliphatic heterocycles. The van der Waals surface area contributed by atoms with Crippen molar-refractivity contribution >= 4 is 5.91 Å². The minimum Gasteiger partial charge on any atom is -0.342 e. The second kappa shape index (κ2) is 7.36. The van der Waals surface area contributed by atoms with Crippen molar-refractivity contribution in [2.24, 2.45) is 5.92 Å². The minimum atomic E-state index is 0.00219. The molecule has 2 atom stereocenters. The molecule has 28 heavy (non-hydrogen) atoms. The van der Waals surface area contributed by atoms with Crippen LogP contribution >= 0.6 is 0 Å². The molecule has 2 fully saturated rings. The number of piperidine rings is 1. The summed E-state index contributed by atoms with van der Waals surface area (Å²) in [6, 6.07) is 19.6. The first-order valence-corrected chi connectivity index (χ1v) is 10.9. The Morgan fingerprint density at radius 1 is 1.00 bits per heavy atom. The van der Waals surface area contributed by atoms with Crippen LogP contribution in [0.1, 0.15) is 48.3 Å². The lowest BCUT2D eigenvalue weighted by Crippen LogP contribution is -2.49. The number of fused-ring (bicyclic) bond motifs is 2. The molecule has 2 aromatic rings. The Balaban J connectivity index is 1.34. The number of hydrogen-bond acceptors (Lipinski definition) is 2. The second-order valence-corrected chi connectivity index (χ2v) is 8.86. The Labute approximate surface area is 168 Å². The first-order valence-electron chi connectivity index (χ1n) is 10.9. The lowest BCUT2D eigenvalue weighted by molar-refractivity contribution is -0.138. The zero-order valence-corrected chi connectivity index (χ0v) is 16.6. The van der Waals surface area contributed by atoms with Gasteiger partial charge in [-0.25, -0.2) is 0 Å². The summed E-state index contributed by atoms with van der Waals surface area (Å²) in [5.74, 6) is 1.06. The van der Waals surface area contributed by atoms with Crippen molar-refractivity contribution in [3.05, 3.63) is 71.3 Å². The molecule has 2 unspecified atom stereocenters. The average molecular weight is 375 g/mol. The lowest BCUT2D eigenvalue weighted by Gasteiger charge is -2.42. The van der Waals surface area contributed by atoms with Crippen molar-refractivity contribution in [2.45, 2.75) is 43.4 Å². The van der Waals surface area contributed by atoms with E-state index in [1.54, 1.807) is 0 Å². The summed E-state index contributed by atoms with van der Waals surface area (Å²) in [7, 11) is 0. The maximum atomic E-state index is 13.6. The number of aryl methyl sites for hydroxylation is 1. The molecule has 3 heteroatoms. The number of likely N-dealkylation sites (tertiary alicyclic amines) is 1. The van der Waals surface area contributed by atoms with Crippen molar-refractivity contribution in [1.29, 1.82) is 0 Å². The van der Waals surface area contributed by atoms with Gasteiger partial charge in [-0.2, -0.15) is 0 Å². The van der Waals surface area contributed by atoms with Gasteiger partial charge >= 0.3 is 0 Å². The molecule has 0 saturated carbocycles. The van der Waals surface area contributed by atoms with E-state index in [0.717, 1.165) is 51.9 Å². The summed E-state index contributed by atoms with van der Waals surface area (Å²) in [5.41, 5.74) is 4.32. The van der Waals surface area contributed by atoms with Gasteiger partial charge in [0.25, 0.3) is 0 Å². The first kappa shape index (κ1) is 17.9. The number of rotatable bonds is 2. The van der Waals surface area contributed by atoms with Crippen molar-refractivity contribution in [3.63, 3.8) is 0 Å². The van der Waals surface area contributed by atoms with Crippen LogP contribution in [0.25, 0.3) is 0 Å². The largest absolute Gasteiger partial charge is 0.342 e. The van der Waals surface area contributed by atoms with Gasteiger partial charge < -0.3 is 10.2 Å². The number of nitrogens with zero attached hydrogens (tertiary/aromatic N) is 1. The number of benzene rings is 2. The molecule has 3 aliphatic rings. The Hall–Kier alpha value is -2.13. The van der Waals surface area contributed by atoms with E-state index >= 15 is 0 Å². The molecule has 3 nitrogen and oxygen atoms in total. The van der Waals surface area contributed by atoms with E-state index in [1.165, 1.54) is 23.1 Å². The Bertz CT molecular complexity index is 841. The molecular weight excluding hydrogens is 344 g/mol. The predicted octanol–water partition coefficient (Wildman–Crippen LogP) is 3.89. The molecule has 0 bridgehead atoms. The number of nitrogens with one attached hydrogen (secondary N) is 1. The Morgan fingerprint density at radius 2 is 1.75 bits per heavy atom. The van der Waals surface area contributed by atoms with E-state index in [9.17, 15) is 4.79 Å². The predicted molar refractivity (Wildman–Crippen MR) is 112 cm³/mol. The average Bonchev–Trinajstić information content (AvgIpc) is 3.18. The van der Waals surface area contributed by atoms with Crippen LogP contribution in [0.5, 0.6) is 0 Å². The fourth-order valence-electron chi connectivity index (χ4n) is 5.96. The molecule has 0 radical (unpaired) electrons. The highest BCUT2D eigenvalue weighted by Gasteiger charge is 2.50. The smallest absolute Gasteiger partial charge is 0.227 e. The van der Waals surface area contributed by atoms with Gasteiger partial charge in [0, 0.05) is 31.6 Å². The van der Waals surface area contributed by atoms with Gasteiger partial charge in [0.15, 0.2) is 0 Å². The van der Waals surface area contributed by atoms with Crippen LogP contribution in [-0.2, 0) is 16.6 Å². The summed E-state index contributed by atoms with van der Waals surface area (Å²) in [6.07, 6.45) is 5.65. The molecule has 1 spiro atoms. The van der Waals surface area contributed by atoms with Crippen LogP contribution in [0.3, 0.4) is 0 Å². The molecule has 1 N–H and O–H groups in total. The third-order valence-electron chi connectivity index (χ3n) is 7.45. The molecule has 2 heterocycles. The molecular formula is C25H30N2O. The zero-order chi connectivity index (χ0) is 19.0. The fourth-order valence-corrected chi connectivity index (χ4v) is 5.96. The van der Waals surface area contributed by atoms with Crippen molar-refractivity contribution in [3.8, 4) is 0 Å². The summed E-state index contributed by atoms with van der Waals surface area (Å²) in [5, 5.41) is 3.58. The van der Waals surface area contributed by atoms with Crippen molar-refractivity contribution in [2.75, 3.05) is 26.2 Å². The minimum absolute atomic E-state index is 0.00219. The number of carbonyl (C=O) groups excluding carboxylic acids is 1. The van der Waals surface area contributed by atoms with Gasteiger partial charge in [-0.15, -0.1) is 0 Å². The van der Waals surface area contributed by atoms with Gasteiger partial charge in [0.2, 0.25) is 5.91 Å². The van der Waals surface area contributed by atoms with E-state index in [0.29, 0.717) is 11.8 Å². The molecule has 2 aromatic carbocycles. The molecule has 0 aromatic heterocycles. The summed E-state index contributed by atoms with van der Waals surface area (Å²) >= 11 is 0. The summed E-state index contributed by atoms with van der Waals surface area (Å²) in [6.45, 7) is 3.56. The fraction of sp³-hybridized carbons (Fsp3) is 0.480. The van der Waals surface area contributed by atoms with Gasteiger partial charge in [-0.3, -0.25) is 4.79 Å². The Morgan fingerprint density at radius 3 is 2.57 bits per heavy atom. The summed E-state index contributed by atoms with van der Waals surface area (Å²) in [4.78, 5) is 15.8. The monoisotopic (exact) mass is 374 g/mol. The highest BCUT2D eigenvalue weighted by Crippen LogP contribution is 2.46. The van der Waals surface area contributed by atoms with Gasteiger partial charge in [0.1, 0.15) is 0 Å². The van der Waals surface area contributed by atoms with Crippen LogP contribution in [0.4, 0.5) is 0 Å². The molecule has 1 aliphatic carbocycles. The number of carbonyl (C=O) groups is 1. The van der Waals surface area contributed by atoms with Crippen LogP contribution in [0.15, 0.2) is 54.6 Å². The first-order chi connectivity index (χ1) is 13.8. The third-order valence-corrected chi connectivity index (χ3v) is 7.45. The Kier molecular flexibility index (Phi) is 4.72. The number of amides is 1. The number of hydrogen-bond donors (Lipinski definition) is 1. The highest BCUT2D eigenvalue weighted by atomic mass is 16.2. The maximum absolute atomic E-state index is 13.6. The van der Waals surface area contributed by atoms with E-state index < -0.39 is 0 Å².